The van der Waals surface area contributed by atoms with Gasteiger partial charge in [0.1, 0.15) is 6.54 Å². The Morgan fingerprint density at radius 2 is 1.48 bits per heavy atom. The Morgan fingerprint density at radius 1 is 0.935 bits per heavy atom. The minimum Gasteiger partial charge on any atom is -0.451 e. The summed E-state index contributed by atoms with van der Waals surface area (Å²) in [5.41, 5.74) is -0.102. The average molecular weight is 436 g/mol. The van der Waals surface area contributed by atoms with Crippen molar-refractivity contribution in [3.63, 3.8) is 0 Å². The minimum absolute atomic E-state index is 0.0689. The number of hydrogen-bond acceptors (Lipinski definition) is 5. The number of hydrogen-bond donors (Lipinski definition) is 2. The number of nitrogens with one attached hydrogen (secondary N) is 2. The van der Waals surface area contributed by atoms with E-state index in [1.165, 1.54) is 38.1 Å². The molecule has 0 aromatic heterocycles. The Labute approximate surface area is 175 Å². The Morgan fingerprint density at radius 3 is 2.00 bits per heavy atom. The zero-order chi connectivity index (χ0) is 23.2. The largest absolute Gasteiger partial charge is 0.451 e. The highest BCUT2D eigenvalue weighted by Crippen LogP contribution is 2.29. The first-order valence-corrected chi connectivity index (χ1v) is 9.04. The Bertz CT molecular complexity index is 970. The van der Waals surface area contributed by atoms with Crippen molar-refractivity contribution in [1.29, 1.82) is 0 Å². The van der Waals surface area contributed by atoms with Crippen LogP contribution in [-0.2, 0) is 20.5 Å². The van der Waals surface area contributed by atoms with E-state index in [1.807, 2.05) is 0 Å². The Balaban J connectivity index is 1.82. The van der Waals surface area contributed by atoms with Crippen LogP contribution in [0.1, 0.15) is 40.1 Å². The highest BCUT2D eigenvalue weighted by atomic mass is 19.4. The quantitative estimate of drug-likeness (QED) is 0.513. The third-order valence-corrected chi connectivity index (χ3v) is 4.10. The molecule has 0 fully saturated rings. The molecule has 10 heteroatoms. The number of Topliss-reactive ketones (excluding diaryl/α,β-unsaturated/α-hetero) is 1. The molecule has 0 radical (unpaired) electrons. The van der Waals surface area contributed by atoms with Gasteiger partial charge in [0, 0.05) is 16.8 Å². The van der Waals surface area contributed by atoms with Crippen molar-refractivity contribution in [3.8, 4) is 0 Å². The number of ketones is 1. The monoisotopic (exact) mass is 436 g/mol. The van der Waals surface area contributed by atoms with Gasteiger partial charge in [-0.05, 0) is 62.4 Å². The van der Waals surface area contributed by atoms with Crippen LogP contribution in [0.4, 0.5) is 18.9 Å². The van der Waals surface area contributed by atoms with Gasteiger partial charge in [-0.3, -0.25) is 19.2 Å². The van der Waals surface area contributed by atoms with Crippen molar-refractivity contribution in [2.45, 2.75) is 26.1 Å². The van der Waals surface area contributed by atoms with E-state index in [0.29, 0.717) is 11.3 Å². The highest BCUT2D eigenvalue weighted by molar-refractivity contribution is 5.98. The van der Waals surface area contributed by atoms with Gasteiger partial charge in [-0.25, -0.2) is 0 Å². The van der Waals surface area contributed by atoms with Gasteiger partial charge in [0.05, 0.1) is 5.56 Å². The summed E-state index contributed by atoms with van der Waals surface area (Å²) in [5, 5.41) is 4.72. The van der Waals surface area contributed by atoms with E-state index >= 15 is 0 Å². The lowest BCUT2D eigenvalue weighted by atomic mass is 10.1. The highest BCUT2D eigenvalue weighted by Gasteiger charge is 2.30. The van der Waals surface area contributed by atoms with E-state index in [4.69, 9.17) is 4.74 Å². The molecule has 31 heavy (non-hydrogen) atoms. The molecule has 2 N–H and O–H groups in total. The number of carbonyl (C=O) groups excluding carboxylic acids is 4. The zero-order valence-corrected chi connectivity index (χ0v) is 16.6. The normalized spacial score (nSPS) is 11.9. The number of halogens is 3. The van der Waals surface area contributed by atoms with Crippen LogP contribution in [0.3, 0.4) is 0 Å². The summed E-state index contributed by atoms with van der Waals surface area (Å²) >= 11 is 0. The first kappa shape index (κ1) is 23.6. The molecule has 1 unspecified atom stereocenters. The molecule has 7 nitrogen and oxygen atoms in total. The summed E-state index contributed by atoms with van der Waals surface area (Å²) in [6, 6.07) is 9.58. The summed E-state index contributed by atoms with van der Waals surface area (Å²) in [5.74, 6) is -2.43. The molecular formula is C21H19F3N2O5. The molecule has 0 aliphatic heterocycles. The van der Waals surface area contributed by atoms with Crippen LogP contribution >= 0.6 is 0 Å². The van der Waals surface area contributed by atoms with Crippen LogP contribution < -0.4 is 10.6 Å². The molecule has 2 amide bonds. The van der Waals surface area contributed by atoms with Crippen molar-refractivity contribution in [2.75, 3.05) is 11.9 Å². The van der Waals surface area contributed by atoms with Gasteiger partial charge in [0.2, 0.25) is 0 Å². The summed E-state index contributed by atoms with van der Waals surface area (Å²) in [4.78, 5) is 47.1. The molecule has 2 aromatic carbocycles. The fourth-order valence-electron chi connectivity index (χ4n) is 2.39. The van der Waals surface area contributed by atoms with Crippen molar-refractivity contribution in [2.24, 2.45) is 0 Å². The van der Waals surface area contributed by atoms with Crippen LogP contribution in [0, 0.1) is 0 Å². The summed E-state index contributed by atoms with van der Waals surface area (Å²) in [6.45, 7) is 2.16. The SMILES string of the molecule is CC(=O)c1ccc(NC(=O)C(C)OC(=O)CNC(=O)c2ccc(C(F)(F)F)cc2)cc1. The molecular weight excluding hydrogens is 417 g/mol. The number of amides is 2. The number of esters is 1. The molecule has 1 atom stereocenters. The van der Waals surface area contributed by atoms with Gasteiger partial charge in [0.15, 0.2) is 11.9 Å². The summed E-state index contributed by atoms with van der Waals surface area (Å²) < 4.78 is 42.5. The van der Waals surface area contributed by atoms with Gasteiger partial charge in [-0.15, -0.1) is 0 Å². The van der Waals surface area contributed by atoms with Crippen molar-refractivity contribution in [1.82, 2.24) is 5.32 Å². The molecule has 164 valence electrons. The van der Waals surface area contributed by atoms with Gasteiger partial charge in [0.25, 0.3) is 11.8 Å². The molecule has 0 bridgehead atoms. The standard InChI is InChI=1S/C21H19F3N2O5/c1-12(27)14-5-9-17(10-6-14)26-19(29)13(2)31-18(28)11-25-20(30)15-3-7-16(8-4-15)21(22,23)24/h3-10,13H,11H2,1-2H3,(H,25,30)(H,26,29). The van der Waals surface area contributed by atoms with Crippen LogP contribution in [-0.4, -0.2) is 36.2 Å². The number of rotatable bonds is 7. The number of anilines is 1. The maximum absolute atomic E-state index is 12.5. The first-order chi connectivity index (χ1) is 14.5. The van der Waals surface area contributed by atoms with Crippen LogP contribution in [0.15, 0.2) is 48.5 Å². The van der Waals surface area contributed by atoms with E-state index in [0.717, 1.165) is 24.3 Å². The predicted octanol–water partition coefficient (Wildman–Crippen LogP) is 3.21. The molecule has 2 rings (SSSR count). The predicted molar refractivity (Wildman–Crippen MR) is 104 cm³/mol. The maximum Gasteiger partial charge on any atom is 0.416 e. The second-order valence-corrected chi connectivity index (χ2v) is 6.51. The Hall–Kier alpha value is -3.69. The first-order valence-electron chi connectivity index (χ1n) is 9.04. The third-order valence-electron chi connectivity index (χ3n) is 4.10. The summed E-state index contributed by atoms with van der Waals surface area (Å²) in [6.07, 6.45) is -5.70. The van der Waals surface area contributed by atoms with Crippen LogP contribution in [0.2, 0.25) is 0 Å². The van der Waals surface area contributed by atoms with Crippen LogP contribution in [0.5, 0.6) is 0 Å². The molecule has 0 aliphatic carbocycles. The van der Waals surface area contributed by atoms with Crippen molar-refractivity contribution in [3.05, 3.63) is 65.2 Å². The van der Waals surface area contributed by atoms with E-state index < -0.39 is 42.2 Å². The topological polar surface area (TPSA) is 102 Å². The number of benzene rings is 2. The second kappa shape index (κ2) is 9.88. The summed E-state index contributed by atoms with van der Waals surface area (Å²) in [7, 11) is 0. The molecule has 0 spiro atoms. The Kier molecular flexibility index (Phi) is 7.51. The second-order valence-electron chi connectivity index (χ2n) is 6.51. The van der Waals surface area contributed by atoms with E-state index in [1.54, 1.807) is 0 Å². The lowest BCUT2D eigenvalue weighted by Gasteiger charge is -2.14. The number of ether oxygens (including phenoxy) is 1. The van der Waals surface area contributed by atoms with Gasteiger partial charge in [-0.1, -0.05) is 0 Å². The van der Waals surface area contributed by atoms with Crippen molar-refractivity contribution < 1.29 is 37.1 Å². The zero-order valence-electron chi connectivity index (χ0n) is 16.6. The van der Waals surface area contributed by atoms with E-state index in [9.17, 15) is 32.3 Å². The van der Waals surface area contributed by atoms with Crippen LogP contribution in [0.25, 0.3) is 0 Å². The van der Waals surface area contributed by atoms with Gasteiger partial charge >= 0.3 is 12.1 Å². The minimum atomic E-state index is -4.52. The fourth-order valence-corrected chi connectivity index (χ4v) is 2.39. The fraction of sp³-hybridized carbons (Fsp3) is 0.238. The van der Waals surface area contributed by atoms with Gasteiger partial charge in [-0.2, -0.15) is 13.2 Å². The van der Waals surface area contributed by atoms with Crippen molar-refractivity contribution >= 4 is 29.3 Å². The molecule has 0 saturated carbocycles. The third kappa shape index (κ3) is 6.95. The number of carbonyl (C=O) groups is 4. The lowest BCUT2D eigenvalue weighted by Crippen LogP contribution is -2.35. The van der Waals surface area contributed by atoms with E-state index in [-0.39, 0.29) is 11.3 Å². The molecule has 2 aromatic rings. The smallest absolute Gasteiger partial charge is 0.416 e. The molecule has 0 aliphatic rings. The maximum atomic E-state index is 12.5. The molecule has 0 heterocycles. The van der Waals surface area contributed by atoms with Gasteiger partial charge < -0.3 is 15.4 Å². The number of alkyl halides is 3. The lowest BCUT2D eigenvalue weighted by molar-refractivity contribution is -0.152. The van der Waals surface area contributed by atoms with E-state index in [2.05, 4.69) is 10.6 Å². The molecule has 0 saturated heterocycles. The average Bonchev–Trinajstić information content (AvgIpc) is 2.71.